The van der Waals surface area contributed by atoms with Crippen molar-refractivity contribution in [2.24, 2.45) is 7.05 Å². The van der Waals surface area contributed by atoms with Crippen molar-refractivity contribution in [3.8, 4) is 17.1 Å². The Balaban J connectivity index is 1.55. The number of rotatable bonds is 6. The molecule has 0 fully saturated rings. The van der Waals surface area contributed by atoms with Crippen LogP contribution in [0.3, 0.4) is 0 Å². The number of nitrogens with zero attached hydrogens (tertiary/aromatic N) is 4. The monoisotopic (exact) mass is 390 g/mol. The third-order valence-corrected chi connectivity index (χ3v) is 4.68. The highest BCUT2D eigenvalue weighted by atomic mass is 79.9. The summed E-state index contributed by atoms with van der Waals surface area (Å²) in [7, 11) is 1.97. The van der Waals surface area contributed by atoms with E-state index in [2.05, 4.69) is 31.1 Å². The van der Waals surface area contributed by atoms with E-state index in [4.69, 9.17) is 4.74 Å². The molecule has 0 N–H and O–H groups in total. The predicted octanol–water partition coefficient (Wildman–Crippen LogP) is 3.81. The van der Waals surface area contributed by atoms with Gasteiger partial charge in [-0.2, -0.15) is 0 Å². The van der Waals surface area contributed by atoms with Crippen molar-refractivity contribution in [3.05, 3.63) is 53.3 Å². The molecular formula is C16H15BrN4OS. The highest BCUT2D eigenvalue weighted by molar-refractivity contribution is 9.10. The van der Waals surface area contributed by atoms with Crippen LogP contribution >= 0.6 is 27.7 Å². The number of hydrogen-bond donors (Lipinski definition) is 0. The van der Waals surface area contributed by atoms with Gasteiger partial charge in [0.15, 0.2) is 11.0 Å². The van der Waals surface area contributed by atoms with Gasteiger partial charge in [-0.3, -0.25) is 4.98 Å². The van der Waals surface area contributed by atoms with Crippen molar-refractivity contribution in [1.29, 1.82) is 0 Å². The van der Waals surface area contributed by atoms with Crippen molar-refractivity contribution in [2.75, 3.05) is 12.4 Å². The first kappa shape index (κ1) is 16.0. The number of halogens is 1. The van der Waals surface area contributed by atoms with Crippen LogP contribution in [0.25, 0.3) is 11.4 Å². The molecule has 1 aromatic carbocycles. The van der Waals surface area contributed by atoms with E-state index in [1.54, 1.807) is 24.2 Å². The molecule has 3 rings (SSSR count). The Hall–Kier alpha value is -1.86. The molecule has 0 saturated carbocycles. The summed E-state index contributed by atoms with van der Waals surface area (Å²) in [5.74, 6) is 2.51. The summed E-state index contributed by atoms with van der Waals surface area (Å²) in [5, 5.41) is 9.36. The van der Waals surface area contributed by atoms with Crippen molar-refractivity contribution in [3.63, 3.8) is 0 Å². The third kappa shape index (κ3) is 4.11. The second-order valence-electron chi connectivity index (χ2n) is 4.75. The van der Waals surface area contributed by atoms with Gasteiger partial charge in [-0.1, -0.05) is 27.7 Å². The first-order valence-corrected chi connectivity index (χ1v) is 8.83. The fraction of sp³-hybridized carbons (Fsp3) is 0.188. The van der Waals surface area contributed by atoms with E-state index in [1.165, 1.54) is 0 Å². The summed E-state index contributed by atoms with van der Waals surface area (Å²) in [6.07, 6.45) is 3.51. The van der Waals surface area contributed by atoms with E-state index >= 15 is 0 Å². The van der Waals surface area contributed by atoms with Crippen LogP contribution in [-0.2, 0) is 7.05 Å². The van der Waals surface area contributed by atoms with Crippen LogP contribution in [0.5, 0.6) is 5.75 Å². The molecule has 0 atom stereocenters. The minimum absolute atomic E-state index is 0.615. The Morgan fingerprint density at radius 1 is 1.09 bits per heavy atom. The number of thioether (sulfide) groups is 1. The summed E-state index contributed by atoms with van der Waals surface area (Å²) in [6.45, 7) is 0.615. The molecule has 0 spiro atoms. The molecule has 7 heteroatoms. The summed E-state index contributed by atoms with van der Waals surface area (Å²) in [4.78, 5) is 4.02. The second kappa shape index (κ2) is 7.61. The minimum atomic E-state index is 0.615. The first-order valence-electron chi connectivity index (χ1n) is 7.05. The van der Waals surface area contributed by atoms with Crippen molar-refractivity contribution in [2.45, 2.75) is 5.16 Å². The Labute approximate surface area is 147 Å². The highest BCUT2D eigenvalue weighted by Crippen LogP contribution is 2.22. The Kier molecular flexibility index (Phi) is 5.30. The third-order valence-electron chi connectivity index (χ3n) is 3.17. The first-order chi connectivity index (χ1) is 11.2. The highest BCUT2D eigenvalue weighted by Gasteiger charge is 2.10. The molecule has 0 aliphatic heterocycles. The molecule has 23 heavy (non-hydrogen) atoms. The molecule has 5 nitrogen and oxygen atoms in total. The second-order valence-corrected chi connectivity index (χ2v) is 6.73. The molecule has 0 amide bonds. The molecule has 118 valence electrons. The van der Waals surface area contributed by atoms with Crippen LogP contribution in [0.4, 0.5) is 0 Å². The Morgan fingerprint density at radius 2 is 1.83 bits per heavy atom. The topological polar surface area (TPSA) is 52.8 Å². The maximum absolute atomic E-state index is 5.71. The van der Waals surface area contributed by atoms with Crippen molar-refractivity contribution in [1.82, 2.24) is 19.7 Å². The van der Waals surface area contributed by atoms with Gasteiger partial charge in [-0.15, -0.1) is 10.2 Å². The van der Waals surface area contributed by atoms with E-state index < -0.39 is 0 Å². The molecule has 0 aliphatic rings. The lowest BCUT2D eigenvalue weighted by molar-refractivity contribution is 0.344. The number of ether oxygens (including phenoxy) is 1. The molecular weight excluding hydrogens is 376 g/mol. The van der Waals surface area contributed by atoms with Gasteiger partial charge in [0.2, 0.25) is 0 Å². The van der Waals surface area contributed by atoms with Gasteiger partial charge in [0.05, 0.1) is 6.61 Å². The molecule has 2 aromatic heterocycles. The maximum Gasteiger partial charge on any atom is 0.191 e. The molecule has 0 bridgehead atoms. The van der Waals surface area contributed by atoms with E-state index in [0.29, 0.717) is 6.61 Å². The Morgan fingerprint density at radius 3 is 2.57 bits per heavy atom. The van der Waals surface area contributed by atoms with Gasteiger partial charge >= 0.3 is 0 Å². The SMILES string of the molecule is Cn1c(SCCOc2ccc(Br)cc2)nnc1-c1ccncc1. The van der Waals surface area contributed by atoms with Gasteiger partial charge in [-0.25, -0.2) is 0 Å². The predicted molar refractivity (Wildman–Crippen MR) is 94.6 cm³/mol. The fourth-order valence-corrected chi connectivity index (χ4v) is 3.01. The minimum Gasteiger partial charge on any atom is -0.493 e. The van der Waals surface area contributed by atoms with Gasteiger partial charge in [0.1, 0.15) is 5.75 Å². The van der Waals surface area contributed by atoms with E-state index in [0.717, 1.165) is 32.5 Å². The lowest BCUT2D eigenvalue weighted by Crippen LogP contribution is -2.02. The zero-order valence-electron chi connectivity index (χ0n) is 12.5. The van der Waals surface area contributed by atoms with E-state index in [-0.39, 0.29) is 0 Å². The summed E-state index contributed by atoms with van der Waals surface area (Å²) in [5.41, 5.74) is 1.01. The molecule has 0 radical (unpaired) electrons. The summed E-state index contributed by atoms with van der Waals surface area (Å²) < 4.78 is 8.74. The van der Waals surface area contributed by atoms with Gasteiger partial charge in [-0.05, 0) is 36.4 Å². The van der Waals surface area contributed by atoms with E-state index in [1.807, 2.05) is 48.0 Å². The molecule has 0 unspecified atom stereocenters. The average molecular weight is 391 g/mol. The standard InChI is InChI=1S/C16H15BrN4OS/c1-21-15(12-6-8-18-9-7-12)19-20-16(21)23-11-10-22-14-4-2-13(17)3-5-14/h2-9H,10-11H2,1H3. The number of benzene rings is 1. The molecule has 0 aliphatic carbocycles. The van der Waals surface area contributed by atoms with Crippen LogP contribution < -0.4 is 4.74 Å². The maximum atomic E-state index is 5.71. The fourth-order valence-electron chi connectivity index (χ4n) is 2.02. The smallest absolute Gasteiger partial charge is 0.191 e. The van der Waals surface area contributed by atoms with Gasteiger partial charge in [0.25, 0.3) is 0 Å². The van der Waals surface area contributed by atoms with Crippen molar-refractivity contribution >= 4 is 27.7 Å². The lowest BCUT2D eigenvalue weighted by atomic mass is 10.2. The van der Waals surface area contributed by atoms with Crippen LogP contribution in [0.15, 0.2) is 58.4 Å². The van der Waals surface area contributed by atoms with Crippen molar-refractivity contribution < 1.29 is 4.74 Å². The molecule has 0 saturated heterocycles. The quantitative estimate of drug-likeness (QED) is 0.473. The largest absolute Gasteiger partial charge is 0.493 e. The zero-order chi connectivity index (χ0) is 16.1. The summed E-state index contributed by atoms with van der Waals surface area (Å²) >= 11 is 5.03. The zero-order valence-corrected chi connectivity index (χ0v) is 14.9. The van der Waals surface area contributed by atoms with E-state index in [9.17, 15) is 0 Å². The van der Waals surface area contributed by atoms with Crippen LogP contribution in [0.2, 0.25) is 0 Å². The summed E-state index contributed by atoms with van der Waals surface area (Å²) in [6, 6.07) is 11.7. The number of aromatic nitrogens is 4. The number of hydrogen-bond acceptors (Lipinski definition) is 5. The van der Waals surface area contributed by atoms with Gasteiger partial charge in [0, 0.05) is 35.2 Å². The van der Waals surface area contributed by atoms with Crippen LogP contribution in [0.1, 0.15) is 0 Å². The van der Waals surface area contributed by atoms with Crippen LogP contribution in [0, 0.1) is 0 Å². The average Bonchev–Trinajstić information content (AvgIpc) is 2.95. The number of pyridine rings is 1. The molecule has 3 aromatic rings. The van der Waals surface area contributed by atoms with Gasteiger partial charge < -0.3 is 9.30 Å². The van der Waals surface area contributed by atoms with Crippen LogP contribution in [-0.4, -0.2) is 32.1 Å². The lowest BCUT2D eigenvalue weighted by Gasteiger charge is -2.06. The molecule has 2 heterocycles. The Bertz CT molecular complexity index is 762. The normalized spacial score (nSPS) is 10.7.